The number of nitrogens with zero attached hydrogens (tertiary/aromatic N) is 7. The lowest BCUT2D eigenvalue weighted by Gasteiger charge is -2.36. The number of hydrogen-bond acceptors (Lipinski definition) is 11. The van der Waals surface area contributed by atoms with Crippen LogP contribution in [0.25, 0.3) is 0 Å². The highest BCUT2D eigenvalue weighted by molar-refractivity contribution is 7.78. The van der Waals surface area contributed by atoms with Crippen LogP contribution in [-0.4, -0.2) is 187 Å². The Morgan fingerprint density at radius 1 is 0.721 bits per heavy atom. The van der Waals surface area contributed by atoms with Crippen molar-refractivity contribution in [2.24, 2.45) is 4.99 Å². The van der Waals surface area contributed by atoms with Gasteiger partial charge >= 0.3 is 17.9 Å². The number of thiocarbonyl (C=S) groups is 1. The molecule has 14 heteroatoms. The van der Waals surface area contributed by atoms with Crippen LogP contribution in [0.5, 0.6) is 0 Å². The summed E-state index contributed by atoms with van der Waals surface area (Å²) in [4.78, 5) is 51.4. The Balaban J connectivity index is 2.35. The lowest BCUT2D eigenvalue weighted by Crippen LogP contribution is -2.51. The number of aliphatic imine (C=N–C) groups is 1. The Labute approximate surface area is 259 Å². The molecule has 0 aliphatic carbocycles. The van der Waals surface area contributed by atoms with E-state index in [2.05, 4.69) is 31.9 Å². The quantitative estimate of drug-likeness (QED) is 0.257. The average Bonchev–Trinajstić information content (AvgIpc) is 2.93. The van der Waals surface area contributed by atoms with E-state index in [9.17, 15) is 29.7 Å². The number of rotatable bonds is 9. The van der Waals surface area contributed by atoms with E-state index in [0.717, 1.165) is 31.7 Å². The zero-order valence-electron chi connectivity index (χ0n) is 25.6. The van der Waals surface area contributed by atoms with Crippen molar-refractivity contribution in [1.29, 1.82) is 0 Å². The van der Waals surface area contributed by atoms with Gasteiger partial charge in [-0.2, -0.15) is 4.99 Å². The summed E-state index contributed by atoms with van der Waals surface area (Å²) in [6.45, 7) is 5.98. The number of likely N-dealkylation sites (N-methyl/N-ethyl adjacent to an activating group) is 3. The van der Waals surface area contributed by atoms with Crippen LogP contribution in [0.2, 0.25) is 0 Å². The highest BCUT2D eigenvalue weighted by Crippen LogP contribution is 2.16. The molecule has 0 spiro atoms. The summed E-state index contributed by atoms with van der Waals surface area (Å²) >= 11 is 4.70. The fourth-order valence-corrected chi connectivity index (χ4v) is 5.16. The highest BCUT2D eigenvalue weighted by atomic mass is 32.1. The summed E-state index contributed by atoms with van der Waals surface area (Å²) in [5, 5.41) is 31.2. The SMILES string of the molecule is CN1CCN(C)CCN(CC(=O)O)CCN(CC(=O)O)CCN(CC(=O)O)C(Cc2ccc(N=C=S)cc2)CN(C)CC1. The molecule has 0 saturated carbocycles. The number of carbonyl (C=O) groups is 3. The molecule has 1 heterocycles. The Hall–Kier alpha value is -2.81. The molecule has 0 bridgehead atoms. The van der Waals surface area contributed by atoms with Crippen LogP contribution >= 0.6 is 12.2 Å². The summed E-state index contributed by atoms with van der Waals surface area (Å²) in [7, 11) is 6.13. The smallest absolute Gasteiger partial charge is 0.317 e. The van der Waals surface area contributed by atoms with Crippen LogP contribution in [-0.2, 0) is 20.8 Å². The number of aliphatic carboxylic acids is 3. The predicted octanol–water partition coefficient (Wildman–Crippen LogP) is 0.301. The Kier molecular flexibility index (Phi) is 16.5. The molecule has 0 radical (unpaired) electrons. The molecule has 1 aliphatic heterocycles. The first-order chi connectivity index (χ1) is 20.4. The van der Waals surface area contributed by atoms with E-state index >= 15 is 0 Å². The number of carboxylic acids is 3. The molecule has 13 nitrogen and oxygen atoms in total. The van der Waals surface area contributed by atoms with Crippen LogP contribution in [0.3, 0.4) is 0 Å². The van der Waals surface area contributed by atoms with E-state index in [1.54, 1.807) is 4.90 Å². The molecule has 240 valence electrons. The van der Waals surface area contributed by atoms with E-state index in [4.69, 9.17) is 12.2 Å². The fraction of sp³-hybridized carbons (Fsp3) is 0.655. The van der Waals surface area contributed by atoms with Crippen LogP contribution < -0.4 is 0 Å². The fourth-order valence-electron chi connectivity index (χ4n) is 5.05. The van der Waals surface area contributed by atoms with Gasteiger partial charge in [0.15, 0.2) is 0 Å². The van der Waals surface area contributed by atoms with Gasteiger partial charge in [0.2, 0.25) is 0 Å². The predicted molar refractivity (Wildman–Crippen MR) is 168 cm³/mol. The summed E-state index contributed by atoms with van der Waals surface area (Å²) in [5.74, 6) is -2.88. The van der Waals surface area contributed by atoms with Crippen molar-refractivity contribution in [1.82, 2.24) is 29.4 Å². The van der Waals surface area contributed by atoms with Gasteiger partial charge in [-0.15, -0.1) is 0 Å². The minimum absolute atomic E-state index is 0.136. The molecule has 1 aromatic rings. The summed E-state index contributed by atoms with van der Waals surface area (Å²) < 4.78 is 0. The summed E-state index contributed by atoms with van der Waals surface area (Å²) in [6.07, 6.45) is 0.588. The third-order valence-corrected chi connectivity index (χ3v) is 7.73. The monoisotopic (exact) mass is 621 g/mol. The van der Waals surface area contributed by atoms with Crippen LogP contribution in [0.1, 0.15) is 5.56 Å². The molecular formula is C29H47N7O6S. The van der Waals surface area contributed by atoms with Crippen molar-refractivity contribution in [3.05, 3.63) is 29.8 Å². The van der Waals surface area contributed by atoms with Crippen LogP contribution in [0, 0.1) is 0 Å². The maximum absolute atomic E-state index is 12.0. The number of carboxylic acid groups (broad SMARTS) is 3. The second kappa shape index (κ2) is 19.5. The van der Waals surface area contributed by atoms with Crippen molar-refractivity contribution >= 4 is 41.0 Å². The van der Waals surface area contributed by atoms with E-state index in [0.29, 0.717) is 57.9 Å². The molecule has 1 fully saturated rings. The van der Waals surface area contributed by atoms with Crippen LogP contribution in [0.4, 0.5) is 5.69 Å². The lowest BCUT2D eigenvalue weighted by molar-refractivity contribution is -0.141. The van der Waals surface area contributed by atoms with Crippen molar-refractivity contribution in [2.75, 3.05) is 113 Å². The number of benzene rings is 1. The number of hydrogen-bond donors (Lipinski definition) is 3. The molecule has 2 rings (SSSR count). The molecule has 1 unspecified atom stereocenters. The zero-order valence-corrected chi connectivity index (χ0v) is 26.4. The van der Waals surface area contributed by atoms with Gasteiger partial charge in [0.1, 0.15) is 0 Å². The van der Waals surface area contributed by atoms with Crippen LogP contribution in [0.15, 0.2) is 29.3 Å². The average molecular weight is 622 g/mol. The Morgan fingerprint density at radius 2 is 1.16 bits per heavy atom. The van der Waals surface area contributed by atoms with Gasteiger partial charge in [-0.1, -0.05) is 12.1 Å². The first-order valence-electron chi connectivity index (χ1n) is 14.5. The standard InChI is InChI=1S/C29H47N7O6S/c1-31-8-9-32(2)12-13-34(20-27(37)38)14-15-35(21-28(39)40)16-17-36(22-29(41)42)26(19-33(3)11-10-31)18-24-4-6-25(7-5-24)30-23-43/h4-7,26H,8-22H2,1-3H3,(H,37,38)(H,39,40)(H,41,42). The van der Waals surface area contributed by atoms with Crippen molar-refractivity contribution in [3.8, 4) is 0 Å². The molecule has 0 amide bonds. The van der Waals surface area contributed by atoms with Gasteiger partial charge in [-0.25, -0.2) is 0 Å². The van der Waals surface area contributed by atoms with Gasteiger partial charge in [-0.3, -0.25) is 29.1 Å². The largest absolute Gasteiger partial charge is 0.480 e. The third-order valence-electron chi connectivity index (χ3n) is 7.64. The third kappa shape index (κ3) is 15.5. The van der Waals surface area contributed by atoms with E-state index in [1.165, 1.54) is 0 Å². The van der Waals surface area contributed by atoms with Gasteiger partial charge in [0.05, 0.1) is 30.5 Å². The minimum Gasteiger partial charge on any atom is -0.480 e. The van der Waals surface area contributed by atoms with Gasteiger partial charge in [0.25, 0.3) is 0 Å². The Bertz CT molecular complexity index is 1070. The topological polar surface area (TPSA) is 144 Å². The van der Waals surface area contributed by atoms with Gasteiger partial charge < -0.3 is 30.0 Å². The molecule has 0 aromatic heterocycles. The summed E-state index contributed by atoms with van der Waals surface area (Å²) in [6, 6.07) is 7.45. The molecule has 3 N–H and O–H groups in total. The van der Waals surface area contributed by atoms with E-state index in [-0.39, 0.29) is 25.7 Å². The molecule has 1 aliphatic rings. The van der Waals surface area contributed by atoms with Crippen molar-refractivity contribution < 1.29 is 29.7 Å². The molecule has 1 aromatic carbocycles. The second-order valence-corrected chi connectivity index (χ2v) is 11.5. The maximum Gasteiger partial charge on any atom is 0.317 e. The minimum atomic E-state index is -0.990. The van der Waals surface area contributed by atoms with Gasteiger partial charge in [0, 0.05) is 78.0 Å². The van der Waals surface area contributed by atoms with E-state index < -0.39 is 17.9 Å². The molecular weight excluding hydrogens is 574 g/mol. The second-order valence-electron chi connectivity index (χ2n) is 11.3. The first kappa shape index (κ1) is 36.4. The number of isothiocyanates is 1. The molecule has 43 heavy (non-hydrogen) atoms. The lowest BCUT2D eigenvalue weighted by atomic mass is 10.0. The maximum atomic E-state index is 12.0. The molecule has 1 atom stereocenters. The summed E-state index contributed by atoms with van der Waals surface area (Å²) in [5.41, 5.74) is 1.71. The highest BCUT2D eigenvalue weighted by Gasteiger charge is 2.25. The van der Waals surface area contributed by atoms with Gasteiger partial charge in [-0.05, 0) is 57.5 Å². The zero-order chi connectivity index (χ0) is 31.8. The van der Waals surface area contributed by atoms with Crippen molar-refractivity contribution in [2.45, 2.75) is 12.5 Å². The van der Waals surface area contributed by atoms with Crippen molar-refractivity contribution in [3.63, 3.8) is 0 Å². The van der Waals surface area contributed by atoms with E-state index in [1.807, 2.05) is 48.2 Å². The first-order valence-corrected chi connectivity index (χ1v) is 14.9. The molecule has 1 saturated heterocycles. The normalized spacial score (nSPS) is 21.0. The Morgan fingerprint density at radius 3 is 1.65 bits per heavy atom.